The van der Waals surface area contributed by atoms with Crippen molar-refractivity contribution in [3.05, 3.63) is 164 Å². The highest BCUT2D eigenvalue weighted by atomic mass is 16.5. The maximum absolute atomic E-state index is 7.29. The van der Waals surface area contributed by atoms with Gasteiger partial charge < -0.3 is 9.15 Å². The average Bonchev–Trinajstić information content (AvgIpc) is 3.57. The summed E-state index contributed by atoms with van der Waals surface area (Å²) in [4.78, 5) is 0. The predicted molar refractivity (Wildman–Crippen MR) is 207 cm³/mol. The third-order valence-electron chi connectivity index (χ3n) is 10.6. The quantitative estimate of drug-likeness (QED) is 0.141. The first-order valence-corrected chi connectivity index (χ1v) is 16.9. The minimum Gasteiger partial charge on any atom is -0.457 e. The smallest absolute Gasteiger partial charge is 0.257 e. The Hall–Kier alpha value is -6.32. The Bertz CT molecular complexity index is 2850. The molecule has 2 heterocycles. The first-order valence-electron chi connectivity index (χ1n) is 16.9. The van der Waals surface area contributed by atoms with Gasteiger partial charge in [-0.15, -0.1) is 0 Å². The molecule has 10 aromatic rings. The molecule has 0 bridgehead atoms. The summed E-state index contributed by atoms with van der Waals surface area (Å²) in [5.41, 5.74) is 7.57. The highest BCUT2D eigenvalue weighted by molar-refractivity contribution is 7.01. The van der Waals surface area contributed by atoms with Crippen molar-refractivity contribution in [2.24, 2.45) is 0 Å². The largest absolute Gasteiger partial charge is 0.457 e. The summed E-state index contributed by atoms with van der Waals surface area (Å²) in [7, 11) is 0. The standard InChI is InChI=1S/C46H27BO2/c1-2-14-28(15-3-1)29-24-12-25-38-39-26-13-27-40(44(39)48-43(29)38)47-41-34-20-8-4-16-30(34)32-18-6-10-22-36(32)45(41)49-46-37-23-11-7-19-33(37)31-17-5-9-21-35(31)42(46)47/h1-27H. The summed E-state index contributed by atoms with van der Waals surface area (Å²) < 4.78 is 14.4. The van der Waals surface area contributed by atoms with E-state index >= 15 is 0 Å². The van der Waals surface area contributed by atoms with Gasteiger partial charge in [0.05, 0.1) is 0 Å². The van der Waals surface area contributed by atoms with Gasteiger partial charge in [-0.3, -0.25) is 0 Å². The SMILES string of the molecule is c1ccc(-c2cccc3c2oc2c(B4c5c(c6ccccc6c6ccccc56)Oc5c4c4ccccc4c4ccccc54)cccc23)cc1. The van der Waals surface area contributed by atoms with Crippen LogP contribution in [0.2, 0.25) is 0 Å². The van der Waals surface area contributed by atoms with Gasteiger partial charge in [-0.25, -0.2) is 0 Å². The molecule has 0 unspecified atom stereocenters. The van der Waals surface area contributed by atoms with Crippen molar-refractivity contribution >= 4 is 88.1 Å². The molecule has 3 heteroatoms. The lowest BCUT2D eigenvalue weighted by Gasteiger charge is -2.31. The van der Waals surface area contributed by atoms with E-state index < -0.39 is 0 Å². The first kappa shape index (κ1) is 26.7. The van der Waals surface area contributed by atoms with Crippen LogP contribution in [0, 0.1) is 0 Å². The second-order valence-corrected chi connectivity index (χ2v) is 13.1. The second-order valence-electron chi connectivity index (χ2n) is 13.1. The van der Waals surface area contributed by atoms with Gasteiger partial charge in [0.2, 0.25) is 0 Å². The van der Waals surface area contributed by atoms with Crippen LogP contribution < -0.4 is 21.1 Å². The number of para-hydroxylation sites is 2. The summed E-state index contributed by atoms with van der Waals surface area (Å²) >= 11 is 0. The number of fused-ring (bicyclic) bond motifs is 15. The van der Waals surface area contributed by atoms with Gasteiger partial charge in [0.25, 0.3) is 6.71 Å². The second kappa shape index (κ2) is 10.1. The Morgan fingerprint density at radius 3 is 1.33 bits per heavy atom. The van der Waals surface area contributed by atoms with Crippen LogP contribution in [-0.4, -0.2) is 6.71 Å². The molecule has 0 fully saturated rings. The lowest BCUT2D eigenvalue weighted by Crippen LogP contribution is -2.55. The molecular weight excluding hydrogens is 595 g/mol. The number of benzene rings is 9. The zero-order valence-corrected chi connectivity index (χ0v) is 26.5. The van der Waals surface area contributed by atoms with E-state index in [1.165, 1.54) is 43.2 Å². The summed E-state index contributed by atoms with van der Waals surface area (Å²) in [6.45, 7) is -0.160. The van der Waals surface area contributed by atoms with Gasteiger partial charge >= 0.3 is 0 Å². The number of furan rings is 1. The van der Waals surface area contributed by atoms with Gasteiger partial charge in [-0.05, 0) is 54.3 Å². The van der Waals surface area contributed by atoms with Gasteiger partial charge in [0, 0.05) is 27.1 Å². The molecule has 0 saturated heterocycles. The van der Waals surface area contributed by atoms with E-state index in [0.717, 1.165) is 60.8 Å². The first-order chi connectivity index (χ1) is 24.3. The molecular formula is C46H27BO2. The summed E-state index contributed by atoms with van der Waals surface area (Å²) in [6, 6.07) is 58.6. The molecule has 1 aromatic heterocycles. The molecule has 0 amide bonds. The maximum atomic E-state index is 7.29. The molecule has 9 aromatic carbocycles. The summed E-state index contributed by atoms with van der Waals surface area (Å²) in [5, 5.41) is 11.7. The molecule has 0 aliphatic carbocycles. The van der Waals surface area contributed by atoms with Crippen LogP contribution in [0.5, 0.6) is 11.5 Å². The van der Waals surface area contributed by atoms with Crippen molar-refractivity contribution in [2.75, 3.05) is 0 Å². The van der Waals surface area contributed by atoms with Gasteiger partial charge in [-0.2, -0.15) is 0 Å². The normalized spacial score (nSPS) is 12.6. The molecule has 1 aliphatic rings. The van der Waals surface area contributed by atoms with Crippen LogP contribution >= 0.6 is 0 Å². The van der Waals surface area contributed by atoms with Crippen LogP contribution in [0.1, 0.15) is 0 Å². The van der Waals surface area contributed by atoms with Gasteiger partial charge in [-0.1, -0.05) is 164 Å². The highest BCUT2D eigenvalue weighted by Gasteiger charge is 2.39. The van der Waals surface area contributed by atoms with E-state index in [1.807, 2.05) is 0 Å². The van der Waals surface area contributed by atoms with Crippen LogP contribution in [0.4, 0.5) is 0 Å². The fraction of sp³-hybridized carbons (Fsp3) is 0. The lowest BCUT2D eigenvalue weighted by atomic mass is 9.34. The fourth-order valence-electron chi connectivity index (χ4n) is 8.54. The van der Waals surface area contributed by atoms with E-state index in [2.05, 4.69) is 164 Å². The summed E-state index contributed by atoms with van der Waals surface area (Å²) in [5.74, 6) is 1.84. The molecule has 0 radical (unpaired) electrons. The minimum absolute atomic E-state index is 0.160. The van der Waals surface area contributed by atoms with Crippen molar-refractivity contribution in [3.8, 4) is 22.6 Å². The Labute approximate surface area is 282 Å². The van der Waals surface area contributed by atoms with E-state index in [9.17, 15) is 0 Å². The maximum Gasteiger partial charge on any atom is 0.257 e. The van der Waals surface area contributed by atoms with Crippen LogP contribution in [-0.2, 0) is 0 Å². The molecule has 11 rings (SSSR count). The molecule has 49 heavy (non-hydrogen) atoms. The molecule has 0 N–H and O–H groups in total. The van der Waals surface area contributed by atoms with Gasteiger partial charge in [0.15, 0.2) is 0 Å². The van der Waals surface area contributed by atoms with Crippen molar-refractivity contribution in [2.45, 2.75) is 0 Å². The Balaban J connectivity index is 1.34. The minimum atomic E-state index is -0.160. The van der Waals surface area contributed by atoms with Crippen LogP contribution in [0.15, 0.2) is 168 Å². The molecule has 0 saturated carbocycles. The van der Waals surface area contributed by atoms with Crippen molar-refractivity contribution in [1.29, 1.82) is 0 Å². The highest BCUT2D eigenvalue weighted by Crippen LogP contribution is 2.43. The molecule has 0 spiro atoms. The Morgan fingerprint density at radius 2 is 0.755 bits per heavy atom. The number of rotatable bonds is 2. The number of ether oxygens (including phenoxy) is 1. The van der Waals surface area contributed by atoms with Crippen LogP contribution in [0.3, 0.4) is 0 Å². The Kier molecular flexibility index (Phi) is 5.50. The van der Waals surface area contributed by atoms with Crippen molar-refractivity contribution in [1.82, 2.24) is 0 Å². The predicted octanol–water partition coefficient (Wildman–Crippen LogP) is 10.5. The fourth-order valence-corrected chi connectivity index (χ4v) is 8.54. The molecule has 226 valence electrons. The van der Waals surface area contributed by atoms with Crippen LogP contribution in [0.25, 0.3) is 76.2 Å². The Morgan fingerprint density at radius 1 is 0.327 bits per heavy atom. The summed E-state index contributed by atoms with van der Waals surface area (Å²) in [6.07, 6.45) is 0. The monoisotopic (exact) mass is 622 g/mol. The van der Waals surface area contributed by atoms with E-state index in [0.29, 0.717) is 0 Å². The molecule has 0 atom stereocenters. The lowest BCUT2D eigenvalue weighted by molar-refractivity contribution is 0.500. The third kappa shape index (κ3) is 3.67. The zero-order chi connectivity index (χ0) is 32.1. The van der Waals surface area contributed by atoms with E-state index in [1.54, 1.807) is 0 Å². The van der Waals surface area contributed by atoms with E-state index in [-0.39, 0.29) is 6.71 Å². The number of hydrogen-bond acceptors (Lipinski definition) is 2. The third-order valence-corrected chi connectivity index (χ3v) is 10.6. The van der Waals surface area contributed by atoms with Crippen molar-refractivity contribution < 1.29 is 9.15 Å². The van der Waals surface area contributed by atoms with Crippen molar-refractivity contribution in [3.63, 3.8) is 0 Å². The zero-order valence-electron chi connectivity index (χ0n) is 26.5. The average molecular weight is 623 g/mol. The van der Waals surface area contributed by atoms with Gasteiger partial charge in [0.1, 0.15) is 22.7 Å². The number of hydrogen-bond donors (Lipinski definition) is 0. The molecule has 2 nitrogen and oxygen atoms in total. The topological polar surface area (TPSA) is 22.4 Å². The molecule has 1 aliphatic heterocycles. The van der Waals surface area contributed by atoms with E-state index in [4.69, 9.17) is 9.15 Å².